The molecule has 3 fully saturated rings. The second kappa shape index (κ2) is 38.9. The van der Waals surface area contributed by atoms with Crippen LogP contribution in [0, 0.1) is 0 Å². The van der Waals surface area contributed by atoms with Crippen molar-refractivity contribution in [3.63, 3.8) is 0 Å². The number of likely N-dealkylation sites (N-methyl/N-ethyl adjacent to an activating group) is 2. The maximum absolute atomic E-state index is 12.4. The van der Waals surface area contributed by atoms with Crippen LogP contribution in [0.5, 0.6) is 0 Å². The number of unbranched alkanes of at least 4 members (excludes halogenated alkanes) is 11. The number of piperazine rings is 2. The van der Waals surface area contributed by atoms with Crippen molar-refractivity contribution >= 4 is 56.2 Å². The molecule has 3 aromatic carbocycles. The van der Waals surface area contributed by atoms with Crippen molar-refractivity contribution in [2.75, 3.05) is 112 Å². The Kier molecular flexibility index (Phi) is 33.5. The van der Waals surface area contributed by atoms with Gasteiger partial charge in [0.05, 0.1) is 13.2 Å². The molecule has 6 rings (SSSR count). The molecule has 11 heteroatoms. The molecular formula is C61H97N5O4Se2. The number of benzene rings is 3. The van der Waals surface area contributed by atoms with Crippen molar-refractivity contribution in [1.82, 2.24) is 24.5 Å². The third-order valence-electron chi connectivity index (χ3n) is 14.2. The first-order valence-corrected chi connectivity index (χ1v) is 32.6. The fourth-order valence-electron chi connectivity index (χ4n) is 9.06. The monoisotopic (exact) mass is 1120 g/mol. The number of ether oxygens (including phenoxy) is 1. The van der Waals surface area contributed by atoms with Gasteiger partial charge in [-0.1, -0.05) is 56.9 Å². The van der Waals surface area contributed by atoms with E-state index in [1.54, 1.807) is 0 Å². The van der Waals surface area contributed by atoms with E-state index in [2.05, 4.69) is 95.8 Å². The predicted octanol–water partition coefficient (Wildman–Crippen LogP) is 10.2. The summed E-state index contributed by atoms with van der Waals surface area (Å²) in [5, 5.41) is 2.65. The number of aryl methyl sites for hydroxylation is 1. The van der Waals surface area contributed by atoms with Crippen molar-refractivity contribution in [2.45, 2.75) is 147 Å². The minimum absolute atomic E-state index is 0.256. The van der Waals surface area contributed by atoms with E-state index in [1.807, 2.05) is 36.4 Å². The van der Waals surface area contributed by atoms with Gasteiger partial charge in [-0.15, -0.1) is 0 Å². The van der Waals surface area contributed by atoms with Crippen LogP contribution in [0.3, 0.4) is 0 Å². The summed E-state index contributed by atoms with van der Waals surface area (Å²) in [6.45, 7) is 21.7. The molecule has 0 spiro atoms. The van der Waals surface area contributed by atoms with Crippen LogP contribution in [0.4, 0.5) is 0 Å². The first-order valence-electron chi connectivity index (χ1n) is 28.4. The van der Waals surface area contributed by atoms with Crippen LogP contribution >= 0.6 is 0 Å². The van der Waals surface area contributed by atoms with Gasteiger partial charge in [0.1, 0.15) is 0 Å². The standard InChI is InChI=1S/C21H34N2OSe.C20H32N2OSe.C20H31NO2/c1-3-4-5-6-7-18-25-20-10-8-19(9-11-20)21(24)12-13-23-16-14-22(2)15-17-23;1-3-4-5-6-17-24-19-9-7-18(8-10-19)20(23)11-12-22-15-13-21(2)14-16-22;1-2-3-4-5-6-7-18-8-10-19(11-9-18)20(22)12-13-21-14-16-23-17-15-21/h8-11H,3-7,12-18H2,1-2H3;7-10H,3-6,11-17H2,1-2H3;8-11H,2-7,12-17H2,1H3. The second-order valence-corrected chi connectivity index (χ2v) is 25.2. The van der Waals surface area contributed by atoms with Crippen LogP contribution in [0.1, 0.15) is 167 Å². The molecule has 72 heavy (non-hydrogen) atoms. The van der Waals surface area contributed by atoms with E-state index >= 15 is 0 Å². The number of hydrogen-bond acceptors (Lipinski definition) is 9. The molecule has 0 atom stereocenters. The molecule has 0 unspecified atom stereocenters. The van der Waals surface area contributed by atoms with E-state index in [-0.39, 0.29) is 17.3 Å². The molecule has 0 saturated carbocycles. The van der Waals surface area contributed by atoms with Gasteiger partial charge in [0.25, 0.3) is 0 Å². The maximum atomic E-state index is 12.4. The van der Waals surface area contributed by atoms with Crippen molar-refractivity contribution < 1.29 is 19.1 Å². The Balaban J connectivity index is 0.000000235. The number of Topliss-reactive ketones (excluding diaryl/α,β-unsaturated/α-hetero) is 3. The first kappa shape index (κ1) is 62.0. The molecule has 3 aliphatic rings. The number of nitrogens with zero attached hydrogens (tertiary/aromatic N) is 5. The Morgan fingerprint density at radius 3 is 1.14 bits per heavy atom. The summed E-state index contributed by atoms with van der Waals surface area (Å²) < 4.78 is 8.19. The summed E-state index contributed by atoms with van der Waals surface area (Å²) in [6.07, 6.45) is 21.7. The van der Waals surface area contributed by atoms with Crippen molar-refractivity contribution in [3.8, 4) is 0 Å². The molecule has 9 nitrogen and oxygen atoms in total. The molecule has 0 bridgehead atoms. The minimum atomic E-state index is 0.256. The van der Waals surface area contributed by atoms with Gasteiger partial charge in [0.2, 0.25) is 0 Å². The predicted molar refractivity (Wildman–Crippen MR) is 307 cm³/mol. The molecule has 3 heterocycles. The van der Waals surface area contributed by atoms with Crippen LogP contribution in [-0.4, -0.2) is 184 Å². The summed E-state index contributed by atoms with van der Waals surface area (Å²) in [5.74, 6) is 0.833. The zero-order valence-corrected chi connectivity index (χ0v) is 49.3. The molecule has 0 amide bonds. The van der Waals surface area contributed by atoms with Crippen LogP contribution < -0.4 is 8.92 Å². The fourth-order valence-corrected chi connectivity index (χ4v) is 12.9. The SMILES string of the molecule is CCCCCCC[Se]c1ccc(C(=O)CCN2CCN(C)CC2)cc1.CCCCCCCc1ccc(C(=O)CCN2CCOCC2)cc1.CCCCCC[Se]c1ccc(C(=O)CCN2CCN(C)CC2)cc1. The summed E-state index contributed by atoms with van der Waals surface area (Å²) in [4.78, 5) is 48.9. The zero-order chi connectivity index (χ0) is 51.4. The molecule has 0 radical (unpaired) electrons. The molecule has 3 saturated heterocycles. The first-order chi connectivity index (χ1) is 35.2. The quantitative estimate of drug-likeness (QED) is 0.0356. The van der Waals surface area contributed by atoms with Crippen LogP contribution in [0.2, 0.25) is 10.6 Å². The van der Waals surface area contributed by atoms with Gasteiger partial charge >= 0.3 is 314 Å². The topological polar surface area (TPSA) is 76.6 Å². The summed E-state index contributed by atoms with van der Waals surface area (Å²) in [7, 11) is 4.33. The van der Waals surface area contributed by atoms with E-state index in [4.69, 9.17) is 4.74 Å². The van der Waals surface area contributed by atoms with Crippen LogP contribution in [0.15, 0.2) is 72.8 Å². The normalized spacial score (nSPS) is 16.1. The molecule has 0 N–H and O–H groups in total. The summed E-state index contributed by atoms with van der Waals surface area (Å²) in [5.41, 5.74) is 3.98. The Bertz CT molecular complexity index is 1860. The molecule has 3 aromatic rings. The summed E-state index contributed by atoms with van der Waals surface area (Å²) in [6, 6.07) is 25.1. The van der Waals surface area contributed by atoms with E-state index in [0.717, 1.165) is 121 Å². The van der Waals surface area contributed by atoms with Crippen molar-refractivity contribution in [2.24, 2.45) is 0 Å². The Morgan fingerprint density at radius 2 is 0.750 bits per heavy atom. The Morgan fingerprint density at radius 1 is 0.417 bits per heavy atom. The number of carbonyl (C=O) groups is 3. The van der Waals surface area contributed by atoms with E-state index in [0.29, 0.717) is 49.2 Å². The molecule has 0 aromatic heterocycles. The Labute approximate surface area is 451 Å². The van der Waals surface area contributed by atoms with E-state index < -0.39 is 0 Å². The van der Waals surface area contributed by atoms with Crippen LogP contribution in [0.25, 0.3) is 0 Å². The van der Waals surface area contributed by atoms with Gasteiger partial charge in [-0.3, -0.25) is 9.69 Å². The number of ketones is 3. The molecule has 402 valence electrons. The third kappa shape index (κ3) is 27.3. The average molecular weight is 1120 g/mol. The van der Waals surface area contributed by atoms with Gasteiger partial charge in [0.15, 0.2) is 5.78 Å². The molecule has 0 aliphatic carbocycles. The number of carbonyl (C=O) groups excluding carboxylic acids is 3. The third-order valence-corrected chi connectivity index (χ3v) is 18.9. The van der Waals surface area contributed by atoms with Crippen molar-refractivity contribution in [3.05, 3.63) is 95.1 Å². The van der Waals surface area contributed by atoms with Crippen LogP contribution in [-0.2, 0) is 11.2 Å². The van der Waals surface area contributed by atoms with Gasteiger partial charge in [-0.05, 0) is 18.4 Å². The van der Waals surface area contributed by atoms with Gasteiger partial charge < -0.3 is 4.74 Å². The van der Waals surface area contributed by atoms with E-state index in [9.17, 15) is 14.4 Å². The molecule has 3 aliphatic heterocycles. The fraction of sp³-hybridized carbons (Fsp3) is 0.656. The number of hydrogen-bond donors (Lipinski definition) is 0. The average Bonchev–Trinajstić information content (AvgIpc) is 3.41. The number of morpholine rings is 1. The zero-order valence-electron chi connectivity index (χ0n) is 45.9. The second-order valence-electron chi connectivity index (χ2n) is 20.3. The Hall–Kier alpha value is -2.53. The summed E-state index contributed by atoms with van der Waals surface area (Å²) >= 11 is 1.13. The van der Waals surface area contributed by atoms with Gasteiger partial charge in [-0.2, -0.15) is 0 Å². The number of rotatable bonds is 31. The van der Waals surface area contributed by atoms with Gasteiger partial charge in [0, 0.05) is 31.6 Å². The van der Waals surface area contributed by atoms with E-state index in [1.165, 1.54) is 115 Å². The molecular weight excluding hydrogens is 1020 g/mol. The van der Waals surface area contributed by atoms with Gasteiger partial charge in [-0.25, -0.2) is 0 Å². The van der Waals surface area contributed by atoms with Crippen molar-refractivity contribution in [1.29, 1.82) is 0 Å².